The minimum absolute atomic E-state index is 0.000684. The van der Waals surface area contributed by atoms with Crippen molar-refractivity contribution >= 4 is 15.9 Å². The molecule has 0 bridgehead atoms. The first-order chi connectivity index (χ1) is 13.2. The van der Waals surface area contributed by atoms with Gasteiger partial charge in [-0.15, -0.1) is 0 Å². The van der Waals surface area contributed by atoms with Gasteiger partial charge < -0.3 is 25.0 Å². The van der Waals surface area contributed by atoms with Crippen molar-refractivity contribution in [1.29, 1.82) is 0 Å². The van der Waals surface area contributed by atoms with E-state index in [1.807, 2.05) is 0 Å². The number of piperazine rings is 1. The molecule has 150 valence electrons. The number of phenolic OH excluding ortho intramolecular Hbond substituents is 3. The minimum atomic E-state index is -3.69. The van der Waals surface area contributed by atoms with Gasteiger partial charge in [0.05, 0.1) is 12.0 Å². The molecule has 1 fully saturated rings. The second kappa shape index (κ2) is 7.56. The van der Waals surface area contributed by atoms with Crippen molar-refractivity contribution in [1.82, 2.24) is 9.21 Å². The number of carbonyl (C=O) groups excluding carboxylic acids is 1. The highest BCUT2D eigenvalue weighted by Gasteiger charge is 2.31. The molecule has 0 unspecified atom stereocenters. The normalized spacial score (nSPS) is 15.4. The first-order valence-electron chi connectivity index (χ1n) is 8.42. The lowest BCUT2D eigenvalue weighted by atomic mass is 10.1. The Hall–Kier alpha value is -2.98. The maximum Gasteiger partial charge on any atom is 0.254 e. The second-order valence-corrected chi connectivity index (χ2v) is 8.17. The van der Waals surface area contributed by atoms with Gasteiger partial charge in [-0.1, -0.05) is 0 Å². The van der Waals surface area contributed by atoms with Crippen LogP contribution < -0.4 is 4.74 Å². The molecule has 0 atom stereocenters. The smallest absolute Gasteiger partial charge is 0.254 e. The number of benzene rings is 2. The van der Waals surface area contributed by atoms with Crippen LogP contribution in [0.1, 0.15) is 10.4 Å². The first-order valence-corrected chi connectivity index (χ1v) is 9.86. The van der Waals surface area contributed by atoms with Gasteiger partial charge in [0, 0.05) is 31.7 Å². The molecule has 2 aromatic rings. The summed E-state index contributed by atoms with van der Waals surface area (Å²) in [5.41, 5.74) is -0.000684. The van der Waals surface area contributed by atoms with Crippen LogP contribution in [0.2, 0.25) is 0 Å². The Morgan fingerprint density at radius 3 is 2.00 bits per heavy atom. The zero-order valence-corrected chi connectivity index (χ0v) is 15.9. The molecule has 0 aliphatic carbocycles. The van der Waals surface area contributed by atoms with Gasteiger partial charge in [0.15, 0.2) is 17.2 Å². The first kappa shape index (κ1) is 19.8. The summed E-state index contributed by atoms with van der Waals surface area (Å²) in [6.07, 6.45) is 0. The van der Waals surface area contributed by atoms with Crippen molar-refractivity contribution in [2.75, 3.05) is 33.3 Å². The molecule has 3 N–H and O–H groups in total. The molecule has 0 spiro atoms. The third-order valence-corrected chi connectivity index (χ3v) is 6.45. The van der Waals surface area contributed by atoms with E-state index in [9.17, 15) is 28.5 Å². The predicted octanol–water partition coefficient (Wildman–Crippen LogP) is 0.959. The number of hydrogen-bond acceptors (Lipinski definition) is 7. The molecule has 0 aromatic heterocycles. The lowest BCUT2D eigenvalue weighted by molar-refractivity contribution is 0.0697. The third kappa shape index (κ3) is 3.69. The van der Waals surface area contributed by atoms with Gasteiger partial charge in [0.25, 0.3) is 5.91 Å². The van der Waals surface area contributed by atoms with E-state index in [2.05, 4.69) is 0 Å². The monoisotopic (exact) mass is 408 g/mol. The zero-order chi connectivity index (χ0) is 20.5. The highest BCUT2D eigenvalue weighted by Crippen LogP contribution is 2.35. The van der Waals surface area contributed by atoms with E-state index in [4.69, 9.17) is 4.74 Å². The third-order valence-electron chi connectivity index (χ3n) is 4.54. The Kier molecular flexibility index (Phi) is 5.34. The SMILES string of the molecule is COc1ccc(S(=O)(=O)N2CCN(C(=O)c3cc(O)c(O)c(O)c3)CC2)cc1. The fraction of sp³-hybridized carbons (Fsp3) is 0.278. The number of nitrogens with zero attached hydrogens (tertiary/aromatic N) is 2. The summed E-state index contributed by atoms with van der Waals surface area (Å²) in [6, 6.07) is 8.17. The number of methoxy groups -OCH3 is 1. The van der Waals surface area contributed by atoms with Crippen LogP contribution >= 0.6 is 0 Å². The Labute approximate surface area is 162 Å². The van der Waals surface area contributed by atoms with Crippen LogP contribution in [-0.4, -0.2) is 72.1 Å². The van der Waals surface area contributed by atoms with Crippen LogP contribution in [0.3, 0.4) is 0 Å². The Bertz CT molecular complexity index is 958. The van der Waals surface area contributed by atoms with Crippen molar-refractivity contribution in [3.05, 3.63) is 42.0 Å². The lowest BCUT2D eigenvalue weighted by Crippen LogP contribution is -2.50. The highest BCUT2D eigenvalue weighted by atomic mass is 32.2. The van der Waals surface area contributed by atoms with Gasteiger partial charge in [-0.25, -0.2) is 8.42 Å². The van der Waals surface area contributed by atoms with Crippen LogP contribution in [0.15, 0.2) is 41.3 Å². The van der Waals surface area contributed by atoms with E-state index in [-0.39, 0.29) is 36.6 Å². The Morgan fingerprint density at radius 1 is 0.964 bits per heavy atom. The summed E-state index contributed by atoms with van der Waals surface area (Å²) in [5.74, 6) is -1.85. The number of ether oxygens (including phenoxy) is 1. The topological polar surface area (TPSA) is 128 Å². The van der Waals surface area contributed by atoms with Crippen molar-refractivity contribution < 1.29 is 33.3 Å². The number of amides is 1. The maximum absolute atomic E-state index is 12.7. The van der Waals surface area contributed by atoms with Crippen molar-refractivity contribution in [2.24, 2.45) is 0 Å². The largest absolute Gasteiger partial charge is 0.504 e. The molecular weight excluding hydrogens is 388 g/mol. The van der Waals surface area contributed by atoms with E-state index >= 15 is 0 Å². The highest BCUT2D eigenvalue weighted by molar-refractivity contribution is 7.89. The standard InChI is InChI=1S/C18H20N2O7S/c1-27-13-2-4-14(5-3-13)28(25,26)20-8-6-19(7-9-20)18(24)12-10-15(21)17(23)16(22)11-12/h2-5,10-11,21-23H,6-9H2,1H3. The van der Waals surface area contributed by atoms with Gasteiger partial charge >= 0.3 is 0 Å². The molecule has 0 radical (unpaired) electrons. The summed E-state index contributed by atoms with van der Waals surface area (Å²) in [6.45, 7) is 0.513. The molecule has 10 heteroatoms. The number of sulfonamides is 1. The molecule has 0 saturated carbocycles. The molecule has 1 aliphatic heterocycles. The number of phenols is 3. The van der Waals surface area contributed by atoms with E-state index in [1.165, 1.54) is 28.4 Å². The molecule has 1 amide bonds. The minimum Gasteiger partial charge on any atom is -0.504 e. The molecule has 1 saturated heterocycles. The summed E-state index contributed by atoms with van der Waals surface area (Å²) in [5, 5.41) is 28.5. The fourth-order valence-electron chi connectivity index (χ4n) is 2.94. The number of carbonyl (C=O) groups is 1. The lowest BCUT2D eigenvalue weighted by Gasteiger charge is -2.34. The summed E-state index contributed by atoms with van der Waals surface area (Å²) < 4.78 is 31.8. The average molecular weight is 408 g/mol. The van der Waals surface area contributed by atoms with Gasteiger partial charge in [-0.05, 0) is 36.4 Å². The van der Waals surface area contributed by atoms with Crippen molar-refractivity contribution in [2.45, 2.75) is 4.90 Å². The van der Waals surface area contributed by atoms with Gasteiger partial charge in [-0.3, -0.25) is 4.79 Å². The van der Waals surface area contributed by atoms with Crippen molar-refractivity contribution in [3.8, 4) is 23.0 Å². The van der Waals surface area contributed by atoms with Crippen LogP contribution in [0.25, 0.3) is 0 Å². The summed E-state index contributed by atoms with van der Waals surface area (Å²) in [4.78, 5) is 14.1. The van der Waals surface area contributed by atoms with Gasteiger partial charge in [0.1, 0.15) is 5.75 Å². The second-order valence-electron chi connectivity index (χ2n) is 6.23. The van der Waals surface area contributed by atoms with E-state index in [1.54, 1.807) is 12.1 Å². The molecule has 28 heavy (non-hydrogen) atoms. The number of rotatable bonds is 4. The molecule has 2 aromatic carbocycles. The fourth-order valence-corrected chi connectivity index (χ4v) is 4.36. The Balaban J connectivity index is 1.70. The predicted molar refractivity (Wildman–Crippen MR) is 99.1 cm³/mol. The zero-order valence-electron chi connectivity index (χ0n) is 15.1. The van der Waals surface area contributed by atoms with Crippen LogP contribution in [-0.2, 0) is 10.0 Å². The van der Waals surface area contributed by atoms with E-state index in [0.29, 0.717) is 5.75 Å². The summed E-state index contributed by atoms with van der Waals surface area (Å²) in [7, 11) is -2.20. The van der Waals surface area contributed by atoms with Crippen molar-refractivity contribution in [3.63, 3.8) is 0 Å². The average Bonchev–Trinajstić information content (AvgIpc) is 2.71. The van der Waals surface area contributed by atoms with Crippen LogP contribution in [0.5, 0.6) is 23.0 Å². The van der Waals surface area contributed by atoms with Gasteiger partial charge in [0.2, 0.25) is 10.0 Å². The molecule has 9 nitrogen and oxygen atoms in total. The van der Waals surface area contributed by atoms with Crippen LogP contribution in [0, 0.1) is 0 Å². The molecule has 1 heterocycles. The van der Waals surface area contributed by atoms with Gasteiger partial charge in [-0.2, -0.15) is 4.31 Å². The maximum atomic E-state index is 12.7. The van der Waals surface area contributed by atoms with Crippen LogP contribution in [0.4, 0.5) is 0 Å². The quantitative estimate of drug-likeness (QED) is 0.643. The Morgan fingerprint density at radius 2 is 1.50 bits per heavy atom. The summed E-state index contributed by atoms with van der Waals surface area (Å²) >= 11 is 0. The van der Waals surface area contributed by atoms with E-state index < -0.39 is 33.2 Å². The van der Waals surface area contributed by atoms with E-state index in [0.717, 1.165) is 12.1 Å². The number of hydrogen-bond donors (Lipinski definition) is 3. The molecular formula is C18H20N2O7S. The molecule has 3 rings (SSSR count). The molecule has 1 aliphatic rings. The number of aromatic hydroxyl groups is 3.